The third-order valence-electron chi connectivity index (χ3n) is 10.1. The molecule has 11 unspecified atom stereocenters. The molecule has 346 valence electrons. The summed E-state index contributed by atoms with van der Waals surface area (Å²) in [6.07, 6.45) is -9.08. The SMILES string of the molecule is CC(=O)NC1C(Oc2ccc(C)cc2)OC2COC(c3ccccc3)OC2C1O.CC(=O)NC1C(Oc2ccc([N+](=O)[O-])cc2)OC(CO)C(O)C1O.COC(OC)c1ccccc1. The highest BCUT2D eigenvalue weighted by Gasteiger charge is 2.51. The Labute approximate surface area is 369 Å². The number of hydrogen-bond acceptors (Lipinski definition) is 16. The van der Waals surface area contributed by atoms with Gasteiger partial charge in [-0.25, -0.2) is 0 Å². The minimum absolute atomic E-state index is 0.131. The van der Waals surface area contributed by atoms with Gasteiger partial charge in [0.2, 0.25) is 24.4 Å². The van der Waals surface area contributed by atoms with Crippen molar-refractivity contribution in [2.45, 2.75) is 94.6 Å². The molecule has 0 aromatic heterocycles. The Morgan fingerprint density at radius 3 is 1.77 bits per heavy atom. The second-order valence-electron chi connectivity index (χ2n) is 14.9. The van der Waals surface area contributed by atoms with Crippen LogP contribution < -0.4 is 20.1 Å². The molecule has 3 heterocycles. The van der Waals surface area contributed by atoms with Gasteiger partial charge < -0.3 is 69.0 Å². The molecule has 0 saturated carbocycles. The number of nitro benzene ring substituents is 1. The predicted octanol–water partition coefficient (Wildman–Crippen LogP) is 2.97. The van der Waals surface area contributed by atoms with Gasteiger partial charge in [0.15, 0.2) is 12.6 Å². The topological polar surface area (TPSA) is 256 Å². The van der Waals surface area contributed by atoms with Gasteiger partial charge >= 0.3 is 0 Å². The van der Waals surface area contributed by atoms with E-state index in [9.17, 15) is 40.1 Å². The van der Waals surface area contributed by atoms with Gasteiger partial charge in [0.05, 0.1) is 18.1 Å². The Morgan fingerprint density at radius 1 is 0.734 bits per heavy atom. The van der Waals surface area contributed by atoms with E-state index in [0.717, 1.165) is 16.7 Å². The number of methoxy groups -OCH3 is 2. The maximum Gasteiger partial charge on any atom is 0.269 e. The summed E-state index contributed by atoms with van der Waals surface area (Å²) in [5.74, 6) is 0.0116. The average molecular weight is 894 g/mol. The summed E-state index contributed by atoms with van der Waals surface area (Å²) >= 11 is 0. The summed E-state index contributed by atoms with van der Waals surface area (Å²) in [7, 11) is 3.25. The van der Waals surface area contributed by atoms with E-state index in [2.05, 4.69) is 10.6 Å². The molecular weight excluding hydrogens is 838 g/mol. The van der Waals surface area contributed by atoms with Gasteiger partial charge in [-0.3, -0.25) is 19.7 Å². The van der Waals surface area contributed by atoms with E-state index in [1.54, 1.807) is 14.2 Å². The molecule has 3 aliphatic rings. The standard InChI is InChI=1S/C22H25NO6.C14H18N2O8.C9H12O2/c1-13-8-10-16(11-9-13)27-22-18(23-14(2)24)19(25)20-17(28-22)12-26-21(29-20)15-6-4-3-5-7-15;1-7(18)15-11-13(20)12(19)10(6-17)24-14(11)23-9-4-2-8(3-5-9)16(21)22;1-10-9(11-2)8-6-4-3-5-7-8/h3-11,17-22,25H,12H2,1-2H3,(H,23,24);2-5,10-14,17,19-20H,6H2,1H3,(H,15,18);3-7,9H,1-2H3. The minimum Gasteiger partial charge on any atom is -0.463 e. The van der Waals surface area contributed by atoms with Gasteiger partial charge in [0.1, 0.15) is 60.2 Å². The first kappa shape index (κ1) is 49.4. The highest BCUT2D eigenvalue weighted by molar-refractivity contribution is 5.73. The number of rotatable bonds is 12. The van der Waals surface area contributed by atoms with Gasteiger partial charge in [0.25, 0.3) is 5.69 Å². The number of carbonyl (C=O) groups excluding carboxylic acids is 2. The Bertz CT molecular complexity index is 2040. The summed E-state index contributed by atoms with van der Waals surface area (Å²) in [5, 5.41) is 56.0. The molecule has 19 nitrogen and oxygen atoms in total. The lowest BCUT2D eigenvalue weighted by atomic mass is 9.95. The number of aliphatic hydroxyl groups excluding tert-OH is 4. The lowest BCUT2D eigenvalue weighted by Crippen LogP contribution is -2.67. The van der Waals surface area contributed by atoms with Crippen molar-refractivity contribution in [1.82, 2.24) is 10.6 Å². The van der Waals surface area contributed by atoms with Crippen molar-refractivity contribution in [2.75, 3.05) is 27.4 Å². The van der Waals surface area contributed by atoms with Crippen molar-refractivity contribution >= 4 is 17.5 Å². The number of fused-ring (bicyclic) bond motifs is 1. The highest BCUT2D eigenvalue weighted by atomic mass is 16.7. The first-order valence-electron chi connectivity index (χ1n) is 20.3. The number of nitrogens with zero attached hydrogens (tertiary/aromatic N) is 1. The number of carbonyl (C=O) groups is 2. The number of aliphatic hydroxyl groups is 4. The molecule has 0 aliphatic carbocycles. The summed E-state index contributed by atoms with van der Waals surface area (Å²) in [6.45, 7) is 4.27. The maximum absolute atomic E-state index is 11.7. The third kappa shape index (κ3) is 13.5. The highest BCUT2D eigenvalue weighted by Crippen LogP contribution is 2.35. The fourth-order valence-electron chi connectivity index (χ4n) is 6.94. The first-order valence-corrected chi connectivity index (χ1v) is 20.3. The molecule has 19 heteroatoms. The zero-order chi connectivity index (χ0) is 46.3. The summed E-state index contributed by atoms with van der Waals surface area (Å²) < 4.78 is 44.8. The molecule has 3 aliphatic heterocycles. The van der Waals surface area contributed by atoms with E-state index in [1.807, 2.05) is 91.9 Å². The average Bonchev–Trinajstić information content (AvgIpc) is 3.29. The normalized spacial score (nSPS) is 27.2. The minimum atomic E-state index is -1.43. The lowest BCUT2D eigenvalue weighted by Gasteiger charge is -2.47. The van der Waals surface area contributed by atoms with E-state index in [-0.39, 0.29) is 30.2 Å². The summed E-state index contributed by atoms with van der Waals surface area (Å²) in [5.41, 5.74) is 2.86. The van der Waals surface area contributed by atoms with Gasteiger partial charge in [-0.15, -0.1) is 0 Å². The van der Waals surface area contributed by atoms with Crippen LogP contribution >= 0.6 is 0 Å². The van der Waals surface area contributed by atoms with E-state index in [4.69, 9.17) is 37.9 Å². The second-order valence-corrected chi connectivity index (χ2v) is 14.9. The van der Waals surface area contributed by atoms with Gasteiger partial charge in [-0.1, -0.05) is 78.4 Å². The summed E-state index contributed by atoms with van der Waals surface area (Å²) in [4.78, 5) is 33.1. The molecule has 64 heavy (non-hydrogen) atoms. The molecule has 0 radical (unpaired) electrons. The van der Waals surface area contributed by atoms with Crippen molar-refractivity contribution in [2.24, 2.45) is 0 Å². The van der Waals surface area contributed by atoms with Crippen molar-refractivity contribution in [3.63, 3.8) is 0 Å². The van der Waals surface area contributed by atoms with Gasteiger partial charge in [0, 0.05) is 51.3 Å². The van der Waals surface area contributed by atoms with Gasteiger partial charge in [-0.2, -0.15) is 0 Å². The molecule has 6 N–H and O–H groups in total. The second kappa shape index (κ2) is 23.9. The maximum atomic E-state index is 11.7. The molecule has 0 spiro atoms. The Balaban J connectivity index is 0.000000198. The van der Waals surface area contributed by atoms with E-state index < -0.39 is 85.0 Å². The third-order valence-corrected chi connectivity index (χ3v) is 10.1. The quantitative estimate of drug-likeness (QED) is 0.0679. The number of ether oxygens (including phenoxy) is 8. The van der Waals surface area contributed by atoms with E-state index in [1.165, 1.54) is 38.1 Å². The largest absolute Gasteiger partial charge is 0.463 e. The summed E-state index contributed by atoms with van der Waals surface area (Å²) in [6, 6.07) is 30.0. The Hall–Kier alpha value is -5.58. The molecule has 7 rings (SSSR count). The number of non-ortho nitro benzene ring substituents is 1. The number of amides is 2. The molecule has 4 aromatic rings. The Kier molecular flexibility index (Phi) is 18.5. The number of nitro groups is 1. The zero-order valence-corrected chi connectivity index (χ0v) is 35.9. The van der Waals surface area contributed by atoms with Crippen LogP contribution in [0.4, 0.5) is 5.69 Å². The van der Waals surface area contributed by atoms with Crippen LogP contribution in [0.5, 0.6) is 11.5 Å². The van der Waals surface area contributed by atoms with Crippen LogP contribution in [0.3, 0.4) is 0 Å². The molecule has 2 amide bonds. The smallest absolute Gasteiger partial charge is 0.269 e. The zero-order valence-electron chi connectivity index (χ0n) is 35.9. The van der Waals surface area contributed by atoms with Crippen LogP contribution in [0, 0.1) is 17.0 Å². The predicted molar refractivity (Wildman–Crippen MR) is 226 cm³/mol. The van der Waals surface area contributed by atoms with Crippen molar-refractivity contribution in [3.8, 4) is 11.5 Å². The van der Waals surface area contributed by atoms with Crippen molar-refractivity contribution in [3.05, 3.63) is 136 Å². The van der Waals surface area contributed by atoms with E-state index in [0.29, 0.717) is 5.75 Å². The Morgan fingerprint density at radius 2 is 1.25 bits per heavy atom. The molecular formula is C45H55N3O16. The van der Waals surface area contributed by atoms with Crippen LogP contribution in [0.1, 0.15) is 43.1 Å². The molecule has 3 saturated heterocycles. The number of benzene rings is 4. The number of aryl methyl sites for hydroxylation is 1. The molecule has 4 aromatic carbocycles. The van der Waals surface area contributed by atoms with Crippen molar-refractivity contribution < 1.29 is 72.8 Å². The lowest BCUT2D eigenvalue weighted by molar-refractivity contribution is -0.384. The van der Waals surface area contributed by atoms with Crippen LogP contribution in [-0.2, 0) is 38.0 Å². The molecule has 3 fully saturated rings. The van der Waals surface area contributed by atoms with Gasteiger partial charge in [-0.05, 0) is 31.2 Å². The fraction of sp³-hybridized carbons (Fsp3) is 0.422. The number of hydrogen-bond donors (Lipinski definition) is 6. The number of nitrogens with one attached hydrogen (secondary N) is 2. The van der Waals surface area contributed by atoms with Crippen LogP contribution in [0.2, 0.25) is 0 Å². The van der Waals surface area contributed by atoms with Crippen molar-refractivity contribution in [1.29, 1.82) is 0 Å². The van der Waals surface area contributed by atoms with Crippen LogP contribution in [0.15, 0.2) is 109 Å². The monoisotopic (exact) mass is 893 g/mol. The first-order chi connectivity index (χ1) is 30.7. The molecule has 0 bridgehead atoms. The van der Waals surface area contributed by atoms with E-state index >= 15 is 0 Å². The van der Waals surface area contributed by atoms with Crippen LogP contribution in [-0.4, -0.2) is 126 Å². The molecule has 11 atom stereocenters. The van der Waals surface area contributed by atoms with Crippen LogP contribution in [0.25, 0.3) is 0 Å². The fourth-order valence-corrected chi connectivity index (χ4v) is 6.94.